The molecular formula is C16H23N. The molecular weight excluding hydrogens is 206 g/mol. The molecule has 0 heterocycles. The van der Waals surface area contributed by atoms with Crippen LogP contribution in [0.1, 0.15) is 51.9 Å². The summed E-state index contributed by atoms with van der Waals surface area (Å²) in [6.07, 6.45) is 13.8. The molecule has 0 aromatic heterocycles. The van der Waals surface area contributed by atoms with Crippen LogP contribution in [0.25, 0.3) is 0 Å². The van der Waals surface area contributed by atoms with Crippen LogP contribution in [-0.2, 0) is 0 Å². The van der Waals surface area contributed by atoms with Crippen molar-refractivity contribution in [3.63, 3.8) is 0 Å². The first kappa shape index (κ1) is 11.3. The van der Waals surface area contributed by atoms with E-state index in [1.54, 1.807) is 0 Å². The lowest BCUT2D eigenvalue weighted by Crippen LogP contribution is -2.49. The van der Waals surface area contributed by atoms with Gasteiger partial charge in [-0.3, -0.25) is 0 Å². The zero-order chi connectivity index (χ0) is 11.9. The molecule has 0 amide bonds. The summed E-state index contributed by atoms with van der Waals surface area (Å²) < 4.78 is 0. The Bertz CT molecular complexity index is 325. The molecule has 17 heavy (non-hydrogen) atoms. The Kier molecular flexibility index (Phi) is 2.77. The summed E-state index contributed by atoms with van der Waals surface area (Å²) in [7, 11) is 0. The first-order chi connectivity index (χ1) is 8.25. The standard InChI is InChI=1S/C16H23N/c1-2-3-4-15(11-17)16-8-12-5-13(9-16)7-14(6-12)10-16/h2-3,12-15H,4-10H2,1H3/b3-2+. The largest absolute Gasteiger partial charge is 0.198 e. The Balaban J connectivity index is 1.83. The molecule has 4 rings (SSSR count). The van der Waals surface area contributed by atoms with Crippen LogP contribution >= 0.6 is 0 Å². The van der Waals surface area contributed by atoms with E-state index in [1.165, 1.54) is 38.5 Å². The van der Waals surface area contributed by atoms with Gasteiger partial charge in [0.25, 0.3) is 0 Å². The van der Waals surface area contributed by atoms with Gasteiger partial charge in [-0.05, 0) is 75.0 Å². The summed E-state index contributed by atoms with van der Waals surface area (Å²) in [6.45, 7) is 2.06. The van der Waals surface area contributed by atoms with Gasteiger partial charge in [-0.25, -0.2) is 0 Å². The van der Waals surface area contributed by atoms with E-state index in [-0.39, 0.29) is 5.92 Å². The molecule has 0 aliphatic heterocycles. The van der Waals surface area contributed by atoms with Gasteiger partial charge in [0.15, 0.2) is 0 Å². The van der Waals surface area contributed by atoms with E-state index in [0.29, 0.717) is 5.41 Å². The highest BCUT2D eigenvalue weighted by Crippen LogP contribution is 2.63. The van der Waals surface area contributed by atoms with Crippen molar-refractivity contribution < 1.29 is 0 Å². The van der Waals surface area contributed by atoms with Gasteiger partial charge in [-0.1, -0.05) is 12.2 Å². The van der Waals surface area contributed by atoms with E-state index in [2.05, 4.69) is 25.1 Å². The number of hydrogen-bond acceptors (Lipinski definition) is 1. The fourth-order valence-corrected chi connectivity index (χ4v) is 5.32. The molecule has 0 spiro atoms. The molecule has 92 valence electrons. The Labute approximate surface area is 105 Å². The van der Waals surface area contributed by atoms with Crippen molar-refractivity contribution in [1.82, 2.24) is 0 Å². The third kappa shape index (κ3) is 1.82. The first-order valence-corrected chi connectivity index (χ1v) is 7.26. The molecule has 4 saturated carbocycles. The third-order valence-corrected chi connectivity index (χ3v) is 5.59. The summed E-state index contributed by atoms with van der Waals surface area (Å²) in [5.74, 6) is 3.17. The second-order valence-electron chi connectivity index (χ2n) is 6.77. The number of rotatable bonds is 3. The second-order valence-corrected chi connectivity index (χ2v) is 6.77. The van der Waals surface area contributed by atoms with E-state index in [1.807, 2.05) is 0 Å². The van der Waals surface area contributed by atoms with Gasteiger partial charge in [-0.2, -0.15) is 5.26 Å². The van der Waals surface area contributed by atoms with Gasteiger partial charge in [0.05, 0.1) is 12.0 Å². The van der Waals surface area contributed by atoms with Crippen molar-refractivity contribution in [2.24, 2.45) is 29.1 Å². The molecule has 1 atom stereocenters. The Hall–Kier alpha value is -0.770. The highest BCUT2D eigenvalue weighted by Gasteiger charge is 2.53. The Morgan fingerprint density at radius 3 is 2.12 bits per heavy atom. The summed E-state index contributed by atoms with van der Waals surface area (Å²) in [4.78, 5) is 0. The van der Waals surface area contributed by atoms with Crippen LogP contribution in [-0.4, -0.2) is 0 Å². The van der Waals surface area contributed by atoms with Crippen molar-refractivity contribution in [1.29, 1.82) is 5.26 Å². The molecule has 1 unspecified atom stereocenters. The van der Waals surface area contributed by atoms with Crippen molar-refractivity contribution in [2.45, 2.75) is 51.9 Å². The predicted octanol–water partition coefficient (Wildman–Crippen LogP) is 4.31. The van der Waals surface area contributed by atoms with Gasteiger partial charge < -0.3 is 0 Å². The fourth-order valence-electron chi connectivity index (χ4n) is 5.32. The average molecular weight is 229 g/mol. The zero-order valence-corrected chi connectivity index (χ0v) is 10.9. The fraction of sp³-hybridized carbons (Fsp3) is 0.812. The van der Waals surface area contributed by atoms with E-state index < -0.39 is 0 Å². The number of nitrogens with zero attached hydrogens (tertiary/aromatic N) is 1. The molecule has 0 N–H and O–H groups in total. The molecule has 0 aromatic rings. The molecule has 0 aromatic carbocycles. The highest BCUT2D eigenvalue weighted by molar-refractivity contribution is 5.10. The van der Waals surface area contributed by atoms with Gasteiger partial charge in [0, 0.05) is 0 Å². The maximum absolute atomic E-state index is 9.53. The molecule has 0 radical (unpaired) electrons. The van der Waals surface area contributed by atoms with Crippen LogP contribution in [0.2, 0.25) is 0 Å². The molecule has 1 nitrogen and oxygen atoms in total. The van der Waals surface area contributed by atoms with E-state index >= 15 is 0 Å². The highest BCUT2D eigenvalue weighted by atomic mass is 14.6. The van der Waals surface area contributed by atoms with Gasteiger partial charge in [0.2, 0.25) is 0 Å². The van der Waals surface area contributed by atoms with Crippen molar-refractivity contribution in [3.05, 3.63) is 12.2 Å². The molecule has 4 bridgehead atoms. The molecule has 4 fully saturated rings. The summed E-state index contributed by atoms with van der Waals surface area (Å²) in [5.41, 5.74) is 0.406. The monoisotopic (exact) mass is 229 g/mol. The maximum atomic E-state index is 9.53. The van der Waals surface area contributed by atoms with Crippen molar-refractivity contribution >= 4 is 0 Å². The third-order valence-electron chi connectivity index (χ3n) is 5.59. The molecule has 4 aliphatic rings. The van der Waals surface area contributed by atoms with Crippen LogP contribution in [0.15, 0.2) is 12.2 Å². The SMILES string of the molecule is C/C=C/CC(C#N)C12CC3CC(CC(C3)C1)C2. The number of hydrogen-bond donors (Lipinski definition) is 0. The topological polar surface area (TPSA) is 23.8 Å². The van der Waals surface area contributed by atoms with Crippen molar-refractivity contribution in [2.75, 3.05) is 0 Å². The number of allylic oxidation sites excluding steroid dienone is 2. The smallest absolute Gasteiger partial charge is 0.0664 e. The van der Waals surface area contributed by atoms with Crippen LogP contribution in [0.5, 0.6) is 0 Å². The Morgan fingerprint density at radius 1 is 1.18 bits per heavy atom. The van der Waals surface area contributed by atoms with E-state index in [0.717, 1.165) is 24.2 Å². The quantitative estimate of drug-likeness (QED) is 0.662. The van der Waals surface area contributed by atoms with Gasteiger partial charge in [0.1, 0.15) is 0 Å². The first-order valence-electron chi connectivity index (χ1n) is 7.26. The minimum atomic E-state index is 0.284. The zero-order valence-electron chi connectivity index (χ0n) is 10.9. The second kappa shape index (κ2) is 4.16. The van der Waals surface area contributed by atoms with E-state index in [4.69, 9.17) is 0 Å². The van der Waals surface area contributed by atoms with Crippen LogP contribution in [0.3, 0.4) is 0 Å². The van der Waals surface area contributed by atoms with Crippen LogP contribution in [0, 0.1) is 40.4 Å². The lowest BCUT2D eigenvalue weighted by molar-refractivity contribution is -0.0740. The summed E-state index contributed by atoms with van der Waals surface area (Å²) >= 11 is 0. The Morgan fingerprint density at radius 2 is 1.71 bits per heavy atom. The average Bonchev–Trinajstić information content (AvgIpc) is 2.27. The van der Waals surface area contributed by atoms with Gasteiger partial charge >= 0.3 is 0 Å². The minimum absolute atomic E-state index is 0.284. The molecule has 4 aliphatic carbocycles. The van der Waals surface area contributed by atoms with Crippen molar-refractivity contribution in [3.8, 4) is 6.07 Å². The molecule has 0 saturated heterocycles. The predicted molar refractivity (Wildman–Crippen MR) is 69.1 cm³/mol. The van der Waals surface area contributed by atoms with Crippen LogP contribution < -0.4 is 0 Å². The normalized spacial score (nSPS) is 45.1. The molecule has 1 heteroatoms. The van der Waals surface area contributed by atoms with Crippen LogP contribution in [0.4, 0.5) is 0 Å². The minimum Gasteiger partial charge on any atom is -0.198 e. The van der Waals surface area contributed by atoms with Gasteiger partial charge in [-0.15, -0.1) is 0 Å². The number of nitriles is 1. The summed E-state index contributed by atoms with van der Waals surface area (Å²) in [6, 6.07) is 2.64. The summed E-state index contributed by atoms with van der Waals surface area (Å²) in [5, 5.41) is 9.53. The lowest BCUT2D eigenvalue weighted by atomic mass is 9.46. The van der Waals surface area contributed by atoms with E-state index in [9.17, 15) is 5.26 Å². The lowest BCUT2D eigenvalue weighted by Gasteiger charge is -2.58. The maximum Gasteiger partial charge on any atom is 0.0664 e.